The van der Waals surface area contributed by atoms with Crippen molar-refractivity contribution in [2.75, 3.05) is 20.6 Å². The van der Waals surface area contributed by atoms with E-state index in [1.165, 1.54) is 5.69 Å². The molecule has 2 aromatic heterocycles. The summed E-state index contributed by atoms with van der Waals surface area (Å²) >= 11 is 0. The zero-order valence-corrected chi connectivity index (χ0v) is 18.0. The number of nitrogens with one attached hydrogen (secondary N) is 1. The summed E-state index contributed by atoms with van der Waals surface area (Å²) in [5.74, 6) is 2.65. The lowest BCUT2D eigenvalue weighted by Gasteiger charge is -2.22. The Morgan fingerprint density at radius 2 is 2.20 bits per heavy atom. The summed E-state index contributed by atoms with van der Waals surface area (Å²) in [5.41, 5.74) is 1.24. The zero-order valence-electron chi connectivity index (χ0n) is 15.7. The quantitative estimate of drug-likeness (QED) is 0.298. The van der Waals surface area contributed by atoms with Gasteiger partial charge in [-0.05, 0) is 18.6 Å². The number of aromatic nitrogens is 3. The third-order valence-electron chi connectivity index (χ3n) is 3.87. The molecule has 0 atom stereocenters. The standard InChI is InChI=1S/C17H28N6O.HI/c1-13(2)16-20-15(24-21-16)9-6-10-19-17(18-3)23(5)12-14-8-7-11-22(14)4;/h7-8,11,13H,6,9-10,12H2,1-5H3,(H,18,19);1H. The van der Waals surface area contributed by atoms with Gasteiger partial charge in [-0.15, -0.1) is 24.0 Å². The minimum atomic E-state index is 0. The van der Waals surface area contributed by atoms with Gasteiger partial charge in [0.1, 0.15) is 0 Å². The highest BCUT2D eigenvalue weighted by molar-refractivity contribution is 14.0. The molecule has 0 bridgehead atoms. The highest BCUT2D eigenvalue weighted by Gasteiger charge is 2.10. The molecule has 25 heavy (non-hydrogen) atoms. The molecule has 2 aromatic rings. The van der Waals surface area contributed by atoms with Gasteiger partial charge in [0.05, 0.1) is 6.54 Å². The molecule has 0 saturated heterocycles. The average Bonchev–Trinajstić information content (AvgIpc) is 3.17. The Balaban J connectivity index is 0.00000312. The molecule has 140 valence electrons. The third kappa shape index (κ3) is 6.33. The Hall–Kier alpha value is -1.58. The van der Waals surface area contributed by atoms with Gasteiger partial charge in [-0.25, -0.2) is 0 Å². The molecule has 0 radical (unpaired) electrons. The SMILES string of the molecule is CN=C(NCCCc1nc(C(C)C)no1)N(C)Cc1cccn1C.I. The Morgan fingerprint density at radius 1 is 1.44 bits per heavy atom. The van der Waals surface area contributed by atoms with Crippen LogP contribution < -0.4 is 5.32 Å². The maximum absolute atomic E-state index is 5.26. The van der Waals surface area contributed by atoms with Gasteiger partial charge >= 0.3 is 0 Å². The molecule has 0 spiro atoms. The maximum atomic E-state index is 5.26. The van der Waals surface area contributed by atoms with E-state index in [-0.39, 0.29) is 24.0 Å². The first-order valence-electron chi connectivity index (χ1n) is 8.35. The minimum absolute atomic E-state index is 0. The fourth-order valence-electron chi connectivity index (χ4n) is 2.41. The summed E-state index contributed by atoms with van der Waals surface area (Å²) in [6.07, 6.45) is 3.73. The van der Waals surface area contributed by atoms with Gasteiger partial charge in [-0.2, -0.15) is 4.98 Å². The number of hydrogen-bond acceptors (Lipinski definition) is 4. The first-order valence-corrected chi connectivity index (χ1v) is 8.35. The van der Waals surface area contributed by atoms with Crippen molar-refractivity contribution in [1.82, 2.24) is 24.9 Å². The first kappa shape index (κ1) is 21.5. The third-order valence-corrected chi connectivity index (χ3v) is 3.87. The van der Waals surface area contributed by atoms with Crippen LogP contribution in [-0.4, -0.2) is 46.2 Å². The van der Waals surface area contributed by atoms with Crippen molar-refractivity contribution >= 4 is 29.9 Å². The number of guanidine groups is 1. The highest BCUT2D eigenvalue weighted by atomic mass is 127. The fourth-order valence-corrected chi connectivity index (χ4v) is 2.41. The van der Waals surface area contributed by atoms with Crippen LogP contribution in [-0.2, 0) is 20.0 Å². The van der Waals surface area contributed by atoms with Crippen molar-refractivity contribution in [3.63, 3.8) is 0 Å². The van der Waals surface area contributed by atoms with Crippen molar-refractivity contribution < 1.29 is 4.52 Å². The summed E-state index contributed by atoms with van der Waals surface area (Å²) in [7, 11) is 5.89. The number of halogens is 1. The van der Waals surface area contributed by atoms with Gasteiger partial charge in [0, 0.05) is 51.9 Å². The van der Waals surface area contributed by atoms with E-state index in [0.29, 0.717) is 11.8 Å². The molecule has 0 fully saturated rings. The van der Waals surface area contributed by atoms with E-state index in [2.05, 4.69) is 69.1 Å². The second-order valence-corrected chi connectivity index (χ2v) is 6.25. The summed E-state index contributed by atoms with van der Waals surface area (Å²) in [6, 6.07) is 4.17. The lowest BCUT2D eigenvalue weighted by atomic mass is 10.2. The van der Waals surface area contributed by atoms with Crippen LogP contribution in [0.5, 0.6) is 0 Å². The molecule has 0 aliphatic rings. The molecule has 1 N–H and O–H groups in total. The van der Waals surface area contributed by atoms with E-state index in [1.807, 2.05) is 7.05 Å². The van der Waals surface area contributed by atoms with Crippen molar-refractivity contribution in [3.05, 3.63) is 35.7 Å². The number of aliphatic imine (C=N–C) groups is 1. The Morgan fingerprint density at radius 3 is 2.76 bits per heavy atom. The molecular weight excluding hydrogens is 431 g/mol. The molecule has 2 rings (SSSR count). The normalized spacial score (nSPS) is 11.5. The van der Waals surface area contributed by atoms with Gasteiger partial charge in [0.25, 0.3) is 0 Å². The van der Waals surface area contributed by atoms with E-state index in [1.54, 1.807) is 7.05 Å². The second kappa shape index (κ2) is 10.4. The summed E-state index contributed by atoms with van der Waals surface area (Å²) < 4.78 is 7.37. The van der Waals surface area contributed by atoms with Gasteiger partial charge in [-0.1, -0.05) is 19.0 Å². The lowest BCUT2D eigenvalue weighted by Crippen LogP contribution is -2.39. The van der Waals surface area contributed by atoms with Crippen molar-refractivity contribution in [1.29, 1.82) is 0 Å². The van der Waals surface area contributed by atoms with Crippen LogP contribution in [0.3, 0.4) is 0 Å². The number of rotatable bonds is 7. The van der Waals surface area contributed by atoms with Crippen molar-refractivity contribution in [2.45, 2.75) is 39.2 Å². The predicted molar refractivity (Wildman–Crippen MR) is 110 cm³/mol. The Kier molecular flexibility index (Phi) is 8.95. The summed E-state index contributed by atoms with van der Waals surface area (Å²) in [4.78, 5) is 10.8. The largest absolute Gasteiger partial charge is 0.356 e. The van der Waals surface area contributed by atoms with Crippen LogP contribution in [0.4, 0.5) is 0 Å². The second-order valence-electron chi connectivity index (χ2n) is 6.25. The van der Waals surface area contributed by atoms with Crippen molar-refractivity contribution in [3.8, 4) is 0 Å². The number of aryl methyl sites for hydroxylation is 2. The van der Waals surface area contributed by atoms with Crippen LogP contribution in [0.1, 0.15) is 43.6 Å². The summed E-state index contributed by atoms with van der Waals surface area (Å²) in [5, 5.41) is 7.36. The maximum Gasteiger partial charge on any atom is 0.226 e. The molecule has 0 aliphatic heterocycles. The fraction of sp³-hybridized carbons (Fsp3) is 0.588. The van der Waals surface area contributed by atoms with E-state index in [4.69, 9.17) is 4.52 Å². The Labute approximate surface area is 166 Å². The average molecular weight is 460 g/mol. The lowest BCUT2D eigenvalue weighted by molar-refractivity contribution is 0.368. The van der Waals surface area contributed by atoms with Crippen LogP contribution in [0.25, 0.3) is 0 Å². The topological polar surface area (TPSA) is 71.5 Å². The number of hydrogen-bond donors (Lipinski definition) is 1. The monoisotopic (exact) mass is 460 g/mol. The number of nitrogens with zero attached hydrogens (tertiary/aromatic N) is 5. The molecule has 0 aromatic carbocycles. The molecule has 2 heterocycles. The molecule has 0 amide bonds. The van der Waals surface area contributed by atoms with Crippen LogP contribution in [0.2, 0.25) is 0 Å². The summed E-state index contributed by atoms with van der Waals surface area (Å²) in [6.45, 7) is 5.74. The van der Waals surface area contributed by atoms with E-state index in [9.17, 15) is 0 Å². The molecule has 0 aliphatic carbocycles. The smallest absolute Gasteiger partial charge is 0.226 e. The molecule has 0 unspecified atom stereocenters. The molecular formula is C17H29IN6O. The van der Waals surface area contributed by atoms with Crippen LogP contribution >= 0.6 is 24.0 Å². The highest BCUT2D eigenvalue weighted by Crippen LogP contribution is 2.10. The minimum Gasteiger partial charge on any atom is -0.356 e. The molecule has 0 saturated carbocycles. The van der Waals surface area contributed by atoms with Gasteiger partial charge in [-0.3, -0.25) is 4.99 Å². The first-order chi connectivity index (χ1) is 11.5. The molecule has 8 heteroatoms. The van der Waals surface area contributed by atoms with Crippen LogP contribution in [0, 0.1) is 0 Å². The van der Waals surface area contributed by atoms with Gasteiger partial charge in [0.15, 0.2) is 11.8 Å². The predicted octanol–water partition coefficient (Wildman–Crippen LogP) is 2.79. The van der Waals surface area contributed by atoms with E-state index < -0.39 is 0 Å². The van der Waals surface area contributed by atoms with Crippen LogP contribution in [0.15, 0.2) is 27.8 Å². The van der Waals surface area contributed by atoms with E-state index in [0.717, 1.165) is 37.7 Å². The van der Waals surface area contributed by atoms with E-state index >= 15 is 0 Å². The Bertz CT molecular complexity index is 664. The van der Waals surface area contributed by atoms with Gasteiger partial charge < -0.3 is 19.3 Å². The molecule has 7 nitrogen and oxygen atoms in total. The zero-order chi connectivity index (χ0) is 17.5. The van der Waals surface area contributed by atoms with Crippen molar-refractivity contribution in [2.24, 2.45) is 12.0 Å². The van der Waals surface area contributed by atoms with Gasteiger partial charge in [0.2, 0.25) is 5.89 Å².